The third kappa shape index (κ3) is 1.91. The summed E-state index contributed by atoms with van der Waals surface area (Å²) >= 11 is 6.07. The quantitative estimate of drug-likeness (QED) is 0.872. The highest BCUT2D eigenvalue weighted by Gasteiger charge is 2.26. The van der Waals surface area contributed by atoms with Crippen LogP contribution in [0, 0.1) is 6.92 Å². The smallest absolute Gasteiger partial charge is 0.271 e. The van der Waals surface area contributed by atoms with Crippen molar-refractivity contribution in [3.05, 3.63) is 50.9 Å². The summed E-state index contributed by atoms with van der Waals surface area (Å²) in [6, 6.07) is 7.31. The van der Waals surface area contributed by atoms with Gasteiger partial charge in [0.25, 0.3) is 5.56 Å². The molecule has 0 aliphatic heterocycles. The maximum absolute atomic E-state index is 11.9. The molecule has 1 fully saturated rings. The number of H-pyrrole nitrogens is 1. The average molecular weight is 249 g/mol. The third-order valence-electron chi connectivity index (χ3n) is 3.17. The molecule has 0 amide bonds. The standard InChI is InChI=1S/C13H13ClN2O/c1-8-2-5-10(6-11(8)14)16-13(17)7-12(15-16)9-3-4-9/h2,5-7,9,15H,3-4H2,1H3. The number of halogens is 1. The van der Waals surface area contributed by atoms with Crippen LogP contribution in [-0.2, 0) is 0 Å². The second-order valence-corrected chi connectivity index (χ2v) is 5.00. The average Bonchev–Trinajstić information content (AvgIpc) is 3.07. The van der Waals surface area contributed by atoms with Crippen LogP contribution in [0.3, 0.4) is 0 Å². The minimum Gasteiger partial charge on any atom is -0.295 e. The van der Waals surface area contributed by atoms with E-state index in [1.165, 1.54) is 12.8 Å². The van der Waals surface area contributed by atoms with E-state index in [-0.39, 0.29) is 5.56 Å². The SMILES string of the molecule is Cc1ccc(-n2[nH]c(C3CC3)cc2=O)cc1Cl. The fourth-order valence-electron chi connectivity index (χ4n) is 1.93. The molecule has 17 heavy (non-hydrogen) atoms. The lowest BCUT2D eigenvalue weighted by atomic mass is 10.2. The molecule has 0 bridgehead atoms. The summed E-state index contributed by atoms with van der Waals surface area (Å²) in [5, 5.41) is 3.83. The molecule has 0 radical (unpaired) electrons. The van der Waals surface area contributed by atoms with Crippen LogP contribution in [0.25, 0.3) is 5.69 Å². The number of aromatic amines is 1. The maximum atomic E-state index is 11.9. The molecule has 4 heteroatoms. The van der Waals surface area contributed by atoms with Crippen molar-refractivity contribution in [1.82, 2.24) is 9.78 Å². The molecule has 88 valence electrons. The van der Waals surface area contributed by atoms with E-state index in [9.17, 15) is 4.79 Å². The molecule has 3 nitrogen and oxygen atoms in total. The van der Waals surface area contributed by atoms with Crippen molar-refractivity contribution in [2.75, 3.05) is 0 Å². The molecule has 0 atom stereocenters. The van der Waals surface area contributed by atoms with Crippen molar-refractivity contribution < 1.29 is 0 Å². The predicted molar refractivity (Wildman–Crippen MR) is 68.1 cm³/mol. The molecule has 1 aromatic heterocycles. The van der Waals surface area contributed by atoms with Gasteiger partial charge in [0, 0.05) is 22.7 Å². The summed E-state index contributed by atoms with van der Waals surface area (Å²) < 4.78 is 1.55. The highest BCUT2D eigenvalue weighted by molar-refractivity contribution is 6.31. The Morgan fingerprint density at radius 3 is 2.76 bits per heavy atom. The summed E-state index contributed by atoms with van der Waals surface area (Å²) in [6.07, 6.45) is 2.35. The van der Waals surface area contributed by atoms with Gasteiger partial charge in [0.1, 0.15) is 0 Å². The van der Waals surface area contributed by atoms with E-state index >= 15 is 0 Å². The van der Waals surface area contributed by atoms with E-state index in [1.807, 2.05) is 25.1 Å². The van der Waals surface area contributed by atoms with Gasteiger partial charge in [-0.05, 0) is 37.5 Å². The molecule has 1 aromatic carbocycles. The Kier molecular flexibility index (Phi) is 2.37. The van der Waals surface area contributed by atoms with Crippen molar-refractivity contribution >= 4 is 11.6 Å². The van der Waals surface area contributed by atoms with Crippen LogP contribution >= 0.6 is 11.6 Å². The summed E-state index contributed by atoms with van der Waals surface area (Å²) in [7, 11) is 0. The van der Waals surface area contributed by atoms with Gasteiger partial charge in [-0.1, -0.05) is 17.7 Å². The Morgan fingerprint density at radius 1 is 1.35 bits per heavy atom. The lowest BCUT2D eigenvalue weighted by Gasteiger charge is -2.04. The van der Waals surface area contributed by atoms with Gasteiger partial charge in [0.2, 0.25) is 0 Å². The van der Waals surface area contributed by atoms with Crippen LogP contribution < -0.4 is 5.56 Å². The van der Waals surface area contributed by atoms with Crippen LogP contribution in [0.15, 0.2) is 29.1 Å². The lowest BCUT2D eigenvalue weighted by Crippen LogP contribution is -2.13. The monoisotopic (exact) mass is 248 g/mol. The third-order valence-corrected chi connectivity index (χ3v) is 3.58. The van der Waals surface area contributed by atoms with Crippen molar-refractivity contribution in [3.63, 3.8) is 0 Å². The van der Waals surface area contributed by atoms with Crippen LogP contribution in [0.1, 0.15) is 30.0 Å². The second-order valence-electron chi connectivity index (χ2n) is 4.59. The molecular weight excluding hydrogens is 236 g/mol. The molecule has 1 heterocycles. The van der Waals surface area contributed by atoms with Gasteiger partial charge in [0.15, 0.2) is 0 Å². The molecule has 3 rings (SSSR count). The number of nitrogens with one attached hydrogen (secondary N) is 1. The molecule has 1 aliphatic rings. The summed E-state index contributed by atoms with van der Waals surface area (Å²) in [4.78, 5) is 11.9. The summed E-state index contributed by atoms with van der Waals surface area (Å²) in [6.45, 7) is 1.94. The van der Waals surface area contributed by atoms with Crippen molar-refractivity contribution in [1.29, 1.82) is 0 Å². The van der Waals surface area contributed by atoms with Crippen molar-refractivity contribution in [2.45, 2.75) is 25.7 Å². The zero-order valence-electron chi connectivity index (χ0n) is 9.53. The Morgan fingerprint density at radius 2 is 2.12 bits per heavy atom. The number of aryl methyl sites for hydroxylation is 1. The first-order chi connectivity index (χ1) is 8.15. The molecule has 1 aliphatic carbocycles. The molecule has 1 N–H and O–H groups in total. The zero-order valence-corrected chi connectivity index (χ0v) is 10.3. The van der Waals surface area contributed by atoms with Crippen LogP contribution in [-0.4, -0.2) is 9.78 Å². The fourth-order valence-corrected chi connectivity index (χ4v) is 2.10. The molecule has 0 spiro atoms. The van der Waals surface area contributed by atoms with Crippen LogP contribution in [0.5, 0.6) is 0 Å². The van der Waals surface area contributed by atoms with Crippen molar-refractivity contribution in [2.24, 2.45) is 0 Å². The van der Waals surface area contributed by atoms with E-state index in [0.29, 0.717) is 10.9 Å². The fraction of sp³-hybridized carbons (Fsp3) is 0.308. The maximum Gasteiger partial charge on any atom is 0.271 e. The lowest BCUT2D eigenvalue weighted by molar-refractivity contribution is 0.816. The van der Waals surface area contributed by atoms with E-state index in [1.54, 1.807) is 10.7 Å². The molecule has 0 saturated heterocycles. The Bertz CT molecular complexity index is 623. The van der Waals surface area contributed by atoms with Crippen molar-refractivity contribution in [3.8, 4) is 5.69 Å². The molecular formula is C13H13ClN2O. The minimum absolute atomic E-state index is 0.0215. The molecule has 2 aromatic rings. The predicted octanol–water partition coefficient (Wildman–Crippen LogP) is 3.00. The van der Waals surface area contributed by atoms with Gasteiger partial charge in [-0.25, -0.2) is 4.68 Å². The zero-order chi connectivity index (χ0) is 12.0. The summed E-state index contributed by atoms with van der Waals surface area (Å²) in [5.41, 5.74) is 2.81. The van der Waals surface area contributed by atoms with Crippen LogP contribution in [0.2, 0.25) is 5.02 Å². The second kappa shape index (κ2) is 3.77. The number of aromatic nitrogens is 2. The van der Waals surface area contributed by atoms with Gasteiger partial charge in [0.05, 0.1) is 5.69 Å². The molecule has 1 saturated carbocycles. The highest BCUT2D eigenvalue weighted by Crippen LogP contribution is 2.38. The first-order valence-electron chi connectivity index (χ1n) is 5.73. The largest absolute Gasteiger partial charge is 0.295 e. The minimum atomic E-state index is -0.0215. The Balaban J connectivity index is 2.07. The number of hydrogen-bond donors (Lipinski definition) is 1. The van der Waals surface area contributed by atoms with E-state index < -0.39 is 0 Å². The van der Waals surface area contributed by atoms with E-state index in [2.05, 4.69) is 5.10 Å². The first-order valence-corrected chi connectivity index (χ1v) is 6.11. The van der Waals surface area contributed by atoms with E-state index in [4.69, 9.17) is 11.6 Å². The topological polar surface area (TPSA) is 37.8 Å². The van der Waals surface area contributed by atoms with Gasteiger partial charge in [-0.2, -0.15) is 0 Å². The molecule has 0 unspecified atom stereocenters. The van der Waals surface area contributed by atoms with Gasteiger partial charge < -0.3 is 0 Å². The van der Waals surface area contributed by atoms with Gasteiger partial charge in [-0.3, -0.25) is 9.89 Å². The van der Waals surface area contributed by atoms with Crippen LogP contribution in [0.4, 0.5) is 0 Å². The highest BCUT2D eigenvalue weighted by atomic mass is 35.5. The number of hydrogen-bond acceptors (Lipinski definition) is 1. The number of benzene rings is 1. The normalized spacial score (nSPS) is 15.2. The Labute approximate surface area is 104 Å². The van der Waals surface area contributed by atoms with Gasteiger partial charge in [-0.15, -0.1) is 0 Å². The Hall–Kier alpha value is -1.48. The number of nitrogens with zero attached hydrogens (tertiary/aromatic N) is 1. The van der Waals surface area contributed by atoms with Gasteiger partial charge >= 0.3 is 0 Å². The number of rotatable bonds is 2. The van der Waals surface area contributed by atoms with E-state index in [0.717, 1.165) is 16.9 Å². The first kappa shape index (κ1) is 10.7. The summed E-state index contributed by atoms with van der Waals surface area (Å²) in [5.74, 6) is 0.546.